The highest BCUT2D eigenvalue weighted by Gasteiger charge is 2.32. The summed E-state index contributed by atoms with van der Waals surface area (Å²) >= 11 is 0. The van der Waals surface area contributed by atoms with E-state index in [-0.39, 0.29) is 17.6 Å². The molecule has 2 amide bonds. The number of benzene rings is 2. The van der Waals surface area contributed by atoms with Gasteiger partial charge < -0.3 is 19.3 Å². The van der Waals surface area contributed by atoms with Gasteiger partial charge in [-0.1, -0.05) is 0 Å². The monoisotopic (exact) mass is 492 g/mol. The second-order valence-electron chi connectivity index (χ2n) is 9.08. The SMILES string of the molecule is COc1cc2c(cc1OC)-c1c(c(C(=O)N3CCCN(C(C)=O)CC3)nn1-c1ccc(F)cc1)CC2. The molecule has 0 unspecified atom stereocenters. The predicted octanol–water partition coefficient (Wildman–Crippen LogP) is 3.49. The van der Waals surface area contributed by atoms with Crippen LogP contribution in [0.5, 0.6) is 11.5 Å². The van der Waals surface area contributed by atoms with Crippen molar-refractivity contribution >= 4 is 11.8 Å². The highest BCUT2D eigenvalue weighted by Crippen LogP contribution is 2.42. The van der Waals surface area contributed by atoms with Crippen molar-refractivity contribution in [1.29, 1.82) is 0 Å². The Kier molecular flexibility index (Phi) is 6.38. The summed E-state index contributed by atoms with van der Waals surface area (Å²) in [5, 5.41) is 4.80. The lowest BCUT2D eigenvalue weighted by Crippen LogP contribution is -2.37. The van der Waals surface area contributed by atoms with Gasteiger partial charge in [-0.15, -0.1) is 0 Å². The zero-order chi connectivity index (χ0) is 25.4. The van der Waals surface area contributed by atoms with Crippen LogP contribution in [0.3, 0.4) is 0 Å². The van der Waals surface area contributed by atoms with Gasteiger partial charge in [0.15, 0.2) is 17.2 Å². The van der Waals surface area contributed by atoms with E-state index in [4.69, 9.17) is 14.6 Å². The maximum atomic E-state index is 13.8. The molecule has 0 N–H and O–H groups in total. The molecule has 0 saturated carbocycles. The predicted molar refractivity (Wildman–Crippen MR) is 132 cm³/mol. The summed E-state index contributed by atoms with van der Waals surface area (Å²) in [4.78, 5) is 29.2. The number of aryl methyl sites for hydroxylation is 1. The Hall–Kier alpha value is -3.88. The molecular weight excluding hydrogens is 463 g/mol. The van der Waals surface area contributed by atoms with Crippen LogP contribution in [0.1, 0.15) is 35.0 Å². The van der Waals surface area contributed by atoms with E-state index in [1.54, 1.807) is 47.8 Å². The first kappa shape index (κ1) is 23.8. The molecule has 2 heterocycles. The average Bonchev–Trinajstić information content (AvgIpc) is 3.09. The Labute approximate surface area is 209 Å². The number of amides is 2. The molecule has 8 nitrogen and oxygen atoms in total. The van der Waals surface area contributed by atoms with Crippen LogP contribution in [0.2, 0.25) is 0 Å². The lowest BCUT2D eigenvalue weighted by molar-refractivity contribution is -0.128. The van der Waals surface area contributed by atoms with Crippen molar-refractivity contribution in [3.63, 3.8) is 0 Å². The van der Waals surface area contributed by atoms with Gasteiger partial charge >= 0.3 is 0 Å². The summed E-state index contributed by atoms with van der Waals surface area (Å²) in [5.41, 5.74) is 4.68. The van der Waals surface area contributed by atoms with Crippen molar-refractivity contribution < 1.29 is 23.5 Å². The Bertz CT molecular complexity index is 1320. The molecule has 0 spiro atoms. The smallest absolute Gasteiger partial charge is 0.274 e. The molecule has 1 saturated heterocycles. The van der Waals surface area contributed by atoms with Crippen LogP contribution in [0, 0.1) is 5.82 Å². The number of carbonyl (C=O) groups is 2. The van der Waals surface area contributed by atoms with Crippen LogP contribution < -0.4 is 9.47 Å². The number of carbonyl (C=O) groups excluding carboxylic acids is 2. The third kappa shape index (κ3) is 4.19. The van der Waals surface area contributed by atoms with E-state index in [1.165, 1.54) is 12.1 Å². The molecule has 2 aromatic carbocycles. The fourth-order valence-electron chi connectivity index (χ4n) is 5.10. The number of methoxy groups -OCH3 is 2. The Morgan fingerprint density at radius 1 is 0.917 bits per heavy atom. The summed E-state index contributed by atoms with van der Waals surface area (Å²) in [5.74, 6) is 0.747. The Balaban J connectivity index is 1.62. The number of hydrogen-bond donors (Lipinski definition) is 0. The van der Waals surface area contributed by atoms with Crippen molar-refractivity contribution in [2.24, 2.45) is 0 Å². The number of nitrogens with zero attached hydrogens (tertiary/aromatic N) is 4. The highest BCUT2D eigenvalue weighted by atomic mass is 19.1. The lowest BCUT2D eigenvalue weighted by Gasteiger charge is -2.23. The molecule has 5 rings (SSSR count). The van der Waals surface area contributed by atoms with Gasteiger partial charge in [-0.05, 0) is 61.2 Å². The fourth-order valence-corrected chi connectivity index (χ4v) is 5.10. The van der Waals surface area contributed by atoms with Gasteiger partial charge in [0.1, 0.15) is 5.82 Å². The summed E-state index contributed by atoms with van der Waals surface area (Å²) in [6, 6.07) is 9.96. The van der Waals surface area contributed by atoms with Crippen molar-refractivity contribution in [3.8, 4) is 28.4 Å². The Morgan fingerprint density at radius 2 is 1.58 bits per heavy atom. The third-order valence-electron chi connectivity index (χ3n) is 6.99. The van der Waals surface area contributed by atoms with Gasteiger partial charge in [-0.25, -0.2) is 9.07 Å². The van der Waals surface area contributed by atoms with Crippen LogP contribution in [0.15, 0.2) is 36.4 Å². The second kappa shape index (κ2) is 9.64. The maximum Gasteiger partial charge on any atom is 0.274 e. The van der Waals surface area contributed by atoms with E-state index in [1.807, 2.05) is 12.1 Å². The van der Waals surface area contributed by atoms with Gasteiger partial charge in [0, 0.05) is 44.2 Å². The summed E-state index contributed by atoms with van der Waals surface area (Å²) in [6.07, 6.45) is 2.07. The van der Waals surface area contributed by atoms with Crippen molar-refractivity contribution in [1.82, 2.24) is 19.6 Å². The van der Waals surface area contributed by atoms with Crippen LogP contribution in [0.4, 0.5) is 4.39 Å². The number of hydrogen-bond acceptors (Lipinski definition) is 5. The molecule has 1 aromatic heterocycles. The minimum Gasteiger partial charge on any atom is -0.493 e. The first-order valence-electron chi connectivity index (χ1n) is 12.1. The quantitative estimate of drug-likeness (QED) is 0.557. The summed E-state index contributed by atoms with van der Waals surface area (Å²) < 4.78 is 26.5. The molecule has 0 radical (unpaired) electrons. The van der Waals surface area contributed by atoms with Crippen molar-refractivity contribution in [2.45, 2.75) is 26.2 Å². The average molecular weight is 493 g/mol. The van der Waals surface area contributed by atoms with Gasteiger partial charge in [0.25, 0.3) is 5.91 Å². The minimum atomic E-state index is -0.345. The molecule has 9 heteroatoms. The zero-order valence-corrected chi connectivity index (χ0v) is 20.7. The number of aromatic nitrogens is 2. The van der Waals surface area contributed by atoms with Crippen LogP contribution in [-0.2, 0) is 17.6 Å². The highest BCUT2D eigenvalue weighted by molar-refractivity contribution is 5.96. The van der Waals surface area contributed by atoms with Gasteiger partial charge in [0.05, 0.1) is 25.6 Å². The molecule has 1 aliphatic heterocycles. The summed E-state index contributed by atoms with van der Waals surface area (Å²) in [7, 11) is 3.19. The molecule has 36 heavy (non-hydrogen) atoms. The van der Waals surface area contributed by atoms with Crippen LogP contribution in [0.25, 0.3) is 16.9 Å². The van der Waals surface area contributed by atoms with E-state index in [0.29, 0.717) is 61.9 Å². The van der Waals surface area contributed by atoms with Crippen molar-refractivity contribution in [2.75, 3.05) is 40.4 Å². The topological polar surface area (TPSA) is 76.9 Å². The first-order valence-corrected chi connectivity index (χ1v) is 12.1. The van der Waals surface area contributed by atoms with E-state index < -0.39 is 0 Å². The standard InChI is InChI=1S/C27H29FN4O4/c1-17(33)30-11-4-12-31(14-13-30)27(34)25-21-10-5-18-15-23(35-2)24(36-3)16-22(18)26(21)32(29-25)20-8-6-19(28)7-9-20/h6-9,15-16H,4-5,10-14H2,1-3H3. The number of fused-ring (bicyclic) bond motifs is 3. The fraction of sp³-hybridized carbons (Fsp3) is 0.370. The molecule has 3 aromatic rings. The zero-order valence-electron chi connectivity index (χ0n) is 20.7. The van der Waals surface area contributed by atoms with Crippen LogP contribution >= 0.6 is 0 Å². The summed E-state index contributed by atoms with van der Waals surface area (Å²) in [6.45, 7) is 3.71. The van der Waals surface area contributed by atoms with E-state index in [9.17, 15) is 14.0 Å². The van der Waals surface area contributed by atoms with E-state index >= 15 is 0 Å². The molecule has 1 fully saturated rings. The molecule has 188 valence electrons. The molecule has 0 bridgehead atoms. The third-order valence-corrected chi connectivity index (χ3v) is 6.99. The van der Waals surface area contributed by atoms with E-state index in [0.717, 1.165) is 28.8 Å². The van der Waals surface area contributed by atoms with Gasteiger partial charge in [0.2, 0.25) is 5.91 Å². The largest absolute Gasteiger partial charge is 0.493 e. The number of rotatable bonds is 4. The number of halogens is 1. The van der Waals surface area contributed by atoms with E-state index in [2.05, 4.69) is 0 Å². The van der Waals surface area contributed by atoms with Crippen LogP contribution in [-0.4, -0.2) is 71.8 Å². The van der Waals surface area contributed by atoms with Gasteiger partial charge in [-0.2, -0.15) is 5.10 Å². The molecule has 0 atom stereocenters. The number of ether oxygens (including phenoxy) is 2. The first-order chi connectivity index (χ1) is 17.4. The Morgan fingerprint density at radius 3 is 2.28 bits per heavy atom. The molecule has 1 aliphatic carbocycles. The maximum absolute atomic E-state index is 13.8. The lowest BCUT2D eigenvalue weighted by atomic mass is 9.88. The normalized spacial score (nSPS) is 15.1. The molecule has 2 aliphatic rings. The minimum absolute atomic E-state index is 0.0169. The van der Waals surface area contributed by atoms with Crippen molar-refractivity contribution in [3.05, 3.63) is 59.0 Å². The van der Waals surface area contributed by atoms with Gasteiger partial charge in [-0.3, -0.25) is 9.59 Å². The molecular formula is C27H29FN4O4. The second-order valence-corrected chi connectivity index (χ2v) is 9.08.